The van der Waals surface area contributed by atoms with Crippen molar-refractivity contribution in [2.75, 3.05) is 5.32 Å². The van der Waals surface area contributed by atoms with Gasteiger partial charge in [0, 0.05) is 22.7 Å². The first-order valence-electron chi connectivity index (χ1n) is 8.14. The Morgan fingerprint density at radius 3 is 2.81 bits per heavy atom. The number of carbonyl (C=O) groups excluding carboxylic acids is 1. The van der Waals surface area contributed by atoms with E-state index in [0.29, 0.717) is 22.4 Å². The van der Waals surface area contributed by atoms with E-state index in [2.05, 4.69) is 20.3 Å². The molecule has 0 bridgehead atoms. The van der Waals surface area contributed by atoms with E-state index in [1.54, 1.807) is 6.92 Å². The fraction of sp³-hybridized carbons (Fsp3) is 0.222. The molecule has 8 heteroatoms. The predicted octanol–water partition coefficient (Wildman–Crippen LogP) is 3.58. The third-order valence-corrected chi connectivity index (χ3v) is 5.34. The molecule has 1 atom stereocenters. The highest BCUT2D eigenvalue weighted by Gasteiger charge is 2.18. The molecule has 2 heterocycles. The Kier molecular flexibility index (Phi) is 5.85. The number of thiazole rings is 1. The molecule has 0 fully saturated rings. The molecule has 3 rings (SSSR count). The minimum absolute atomic E-state index is 0.187. The van der Waals surface area contributed by atoms with E-state index >= 15 is 0 Å². The number of benzene rings is 1. The van der Waals surface area contributed by atoms with E-state index in [9.17, 15) is 9.59 Å². The van der Waals surface area contributed by atoms with Gasteiger partial charge in [-0.05, 0) is 13.3 Å². The predicted molar refractivity (Wildman–Crippen MR) is 106 cm³/mol. The van der Waals surface area contributed by atoms with E-state index in [0.717, 1.165) is 11.3 Å². The number of hydrogen-bond acceptors (Lipinski definition) is 6. The second kappa shape index (κ2) is 8.29. The fourth-order valence-electron chi connectivity index (χ4n) is 2.22. The van der Waals surface area contributed by atoms with Gasteiger partial charge >= 0.3 is 0 Å². The largest absolute Gasteiger partial charge is 0.301 e. The van der Waals surface area contributed by atoms with Gasteiger partial charge in [0.25, 0.3) is 5.56 Å². The standard InChI is InChI=1S/C18H18N4O2S2/c1-3-13-9-15(23)21-18(19-13)26-11(2)16(24)22-17-20-14(10-25-17)12-7-5-4-6-8-12/h4-11H,3H2,1-2H3,(H,19,21,23)(H,20,22,24). The van der Waals surface area contributed by atoms with Crippen molar-refractivity contribution in [3.05, 3.63) is 57.8 Å². The van der Waals surface area contributed by atoms with Crippen LogP contribution in [0.2, 0.25) is 0 Å². The zero-order valence-electron chi connectivity index (χ0n) is 14.4. The summed E-state index contributed by atoms with van der Waals surface area (Å²) < 4.78 is 0. The first kappa shape index (κ1) is 18.3. The van der Waals surface area contributed by atoms with E-state index in [1.165, 1.54) is 29.2 Å². The Morgan fingerprint density at radius 1 is 1.31 bits per heavy atom. The highest BCUT2D eigenvalue weighted by molar-refractivity contribution is 8.00. The molecule has 2 aromatic heterocycles. The molecule has 134 valence electrons. The number of H-pyrrole nitrogens is 1. The minimum Gasteiger partial charge on any atom is -0.301 e. The number of aromatic amines is 1. The number of rotatable bonds is 6. The third-order valence-electron chi connectivity index (χ3n) is 3.60. The van der Waals surface area contributed by atoms with Crippen LogP contribution in [-0.2, 0) is 11.2 Å². The van der Waals surface area contributed by atoms with Crippen molar-refractivity contribution in [1.82, 2.24) is 15.0 Å². The topological polar surface area (TPSA) is 87.7 Å². The van der Waals surface area contributed by atoms with Crippen LogP contribution >= 0.6 is 23.1 Å². The molecule has 0 aliphatic carbocycles. The quantitative estimate of drug-likeness (QED) is 0.499. The van der Waals surface area contributed by atoms with Crippen molar-refractivity contribution >= 4 is 34.1 Å². The summed E-state index contributed by atoms with van der Waals surface area (Å²) in [6.45, 7) is 3.70. The normalized spacial score (nSPS) is 11.9. The summed E-state index contributed by atoms with van der Waals surface area (Å²) in [5.41, 5.74) is 2.33. The Bertz CT molecular complexity index is 953. The molecular formula is C18H18N4O2S2. The number of thioether (sulfide) groups is 1. The van der Waals surface area contributed by atoms with Crippen LogP contribution in [-0.4, -0.2) is 26.1 Å². The molecule has 1 unspecified atom stereocenters. The summed E-state index contributed by atoms with van der Waals surface area (Å²) >= 11 is 2.60. The summed E-state index contributed by atoms with van der Waals surface area (Å²) in [5, 5.41) is 5.30. The highest BCUT2D eigenvalue weighted by atomic mass is 32.2. The first-order valence-corrected chi connectivity index (χ1v) is 9.90. The molecule has 26 heavy (non-hydrogen) atoms. The van der Waals surface area contributed by atoms with E-state index in [-0.39, 0.29) is 11.5 Å². The van der Waals surface area contributed by atoms with Gasteiger partial charge < -0.3 is 10.3 Å². The van der Waals surface area contributed by atoms with Gasteiger partial charge in [0.2, 0.25) is 5.91 Å². The molecule has 6 nitrogen and oxygen atoms in total. The van der Waals surface area contributed by atoms with Crippen molar-refractivity contribution in [2.45, 2.75) is 30.7 Å². The molecule has 2 N–H and O–H groups in total. The lowest BCUT2D eigenvalue weighted by molar-refractivity contribution is -0.115. The molecule has 0 aliphatic rings. The number of nitrogens with one attached hydrogen (secondary N) is 2. The van der Waals surface area contributed by atoms with E-state index in [1.807, 2.05) is 42.6 Å². The van der Waals surface area contributed by atoms with Crippen LogP contribution in [0.4, 0.5) is 5.13 Å². The number of anilines is 1. The third kappa shape index (κ3) is 4.59. The van der Waals surface area contributed by atoms with Crippen LogP contribution < -0.4 is 10.9 Å². The molecule has 1 aromatic carbocycles. The Labute approximate surface area is 159 Å². The lowest BCUT2D eigenvalue weighted by atomic mass is 10.2. The maximum Gasteiger partial charge on any atom is 0.251 e. The maximum absolute atomic E-state index is 12.4. The number of amides is 1. The van der Waals surface area contributed by atoms with Crippen molar-refractivity contribution in [3.8, 4) is 11.3 Å². The van der Waals surface area contributed by atoms with Gasteiger partial charge in [0.15, 0.2) is 10.3 Å². The highest BCUT2D eigenvalue weighted by Crippen LogP contribution is 2.26. The fourth-order valence-corrected chi connectivity index (χ4v) is 3.77. The number of nitrogens with zero attached hydrogens (tertiary/aromatic N) is 2. The van der Waals surface area contributed by atoms with Crippen LogP contribution in [0, 0.1) is 0 Å². The van der Waals surface area contributed by atoms with Crippen molar-refractivity contribution in [2.24, 2.45) is 0 Å². The summed E-state index contributed by atoms with van der Waals surface area (Å²) in [5.74, 6) is -0.187. The van der Waals surface area contributed by atoms with Crippen molar-refractivity contribution < 1.29 is 4.79 Å². The number of hydrogen-bond donors (Lipinski definition) is 2. The SMILES string of the molecule is CCc1cc(=O)[nH]c(SC(C)C(=O)Nc2nc(-c3ccccc3)cs2)n1. The molecule has 0 spiro atoms. The molecule has 0 saturated carbocycles. The van der Waals surface area contributed by atoms with E-state index < -0.39 is 5.25 Å². The second-order valence-corrected chi connectivity index (χ2v) is 7.74. The summed E-state index contributed by atoms with van der Waals surface area (Å²) in [7, 11) is 0. The molecule has 0 aliphatic heterocycles. The Balaban J connectivity index is 1.65. The average molecular weight is 387 g/mol. The molecular weight excluding hydrogens is 368 g/mol. The van der Waals surface area contributed by atoms with Gasteiger partial charge in [0.05, 0.1) is 10.9 Å². The minimum atomic E-state index is -0.422. The van der Waals surface area contributed by atoms with Crippen LogP contribution in [0.25, 0.3) is 11.3 Å². The zero-order valence-corrected chi connectivity index (χ0v) is 16.0. The molecule has 3 aromatic rings. The van der Waals surface area contributed by atoms with Crippen molar-refractivity contribution in [3.63, 3.8) is 0 Å². The van der Waals surface area contributed by atoms with Crippen LogP contribution in [0.5, 0.6) is 0 Å². The van der Waals surface area contributed by atoms with Crippen LogP contribution in [0.1, 0.15) is 19.5 Å². The number of carbonyl (C=O) groups is 1. The number of aryl methyl sites for hydroxylation is 1. The first-order chi connectivity index (χ1) is 12.5. The molecule has 1 amide bonds. The zero-order chi connectivity index (χ0) is 18.5. The Morgan fingerprint density at radius 2 is 2.08 bits per heavy atom. The Hall–Kier alpha value is -2.45. The van der Waals surface area contributed by atoms with Gasteiger partial charge in [-0.15, -0.1) is 11.3 Å². The van der Waals surface area contributed by atoms with E-state index in [4.69, 9.17) is 0 Å². The summed E-state index contributed by atoms with van der Waals surface area (Å²) in [4.78, 5) is 35.5. The van der Waals surface area contributed by atoms with Gasteiger partial charge in [-0.1, -0.05) is 49.0 Å². The van der Waals surface area contributed by atoms with Crippen molar-refractivity contribution in [1.29, 1.82) is 0 Å². The maximum atomic E-state index is 12.4. The monoisotopic (exact) mass is 386 g/mol. The molecule has 0 radical (unpaired) electrons. The summed E-state index contributed by atoms with van der Waals surface area (Å²) in [6, 6.07) is 11.3. The van der Waals surface area contributed by atoms with Gasteiger partial charge in [-0.3, -0.25) is 9.59 Å². The second-order valence-electron chi connectivity index (χ2n) is 5.55. The van der Waals surface area contributed by atoms with Crippen LogP contribution in [0.15, 0.2) is 51.7 Å². The van der Waals surface area contributed by atoms with Crippen LogP contribution in [0.3, 0.4) is 0 Å². The summed E-state index contributed by atoms with van der Waals surface area (Å²) in [6.07, 6.45) is 0.666. The van der Waals surface area contributed by atoms with Gasteiger partial charge in [-0.2, -0.15) is 0 Å². The van der Waals surface area contributed by atoms with Gasteiger partial charge in [-0.25, -0.2) is 9.97 Å². The lowest BCUT2D eigenvalue weighted by Crippen LogP contribution is -2.23. The smallest absolute Gasteiger partial charge is 0.251 e. The lowest BCUT2D eigenvalue weighted by Gasteiger charge is -2.10. The van der Waals surface area contributed by atoms with Gasteiger partial charge in [0.1, 0.15) is 0 Å². The molecule has 0 saturated heterocycles. The number of aromatic nitrogens is 3. The average Bonchev–Trinajstić information content (AvgIpc) is 3.10.